The molecule has 1 atom stereocenters. The van der Waals surface area contributed by atoms with E-state index in [9.17, 15) is 10.1 Å². The second kappa shape index (κ2) is 4.34. The molecule has 5 heteroatoms. The smallest absolute Gasteiger partial charge is 0.293 e. The molecule has 2 rings (SSSR count). The number of carbonyl (C=O) groups is 1. The molecule has 0 spiro atoms. The van der Waals surface area contributed by atoms with Gasteiger partial charge >= 0.3 is 0 Å². The molecule has 100 valence electrons. The number of rotatable bonds is 2. The van der Waals surface area contributed by atoms with Gasteiger partial charge in [-0.15, -0.1) is 0 Å². The SMILES string of the molecule is CN1C(=O)C(C#N)(OOC(C)(C)C)c2ccccc21. The minimum atomic E-state index is -1.72. The topological polar surface area (TPSA) is 62.6 Å². The molecule has 0 fully saturated rings. The highest BCUT2D eigenvalue weighted by molar-refractivity contribution is 6.08. The summed E-state index contributed by atoms with van der Waals surface area (Å²) >= 11 is 0. The van der Waals surface area contributed by atoms with Crippen LogP contribution in [0.1, 0.15) is 26.3 Å². The molecule has 0 N–H and O–H groups in total. The first-order valence-corrected chi connectivity index (χ1v) is 5.97. The molecular weight excluding hydrogens is 244 g/mol. The van der Waals surface area contributed by atoms with Crippen molar-refractivity contribution in [3.8, 4) is 6.07 Å². The van der Waals surface area contributed by atoms with E-state index in [4.69, 9.17) is 9.78 Å². The van der Waals surface area contributed by atoms with E-state index in [-0.39, 0.29) is 0 Å². The molecular formula is C14H16N2O3. The van der Waals surface area contributed by atoms with E-state index >= 15 is 0 Å². The lowest BCUT2D eigenvalue weighted by molar-refractivity contribution is -0.384. The number of benzene rings is 1. The van der Waals surface area contributed by atoms with Gasteiger partial charge < -0.3 is 4.90 Å². The Hall–Kier alpha value is -1.90. The monoisotopic (exact) mass is 260 g/mol. The van der Waals surface area contributed by atoms with Gasteiger partial charge in [-0.2, -0.15) is 10.1 Å². The summed E-state index contributed by atoms with van der Waals surface area (Å²) < 4.78 is 0. The number of anilines is 1. The molecule has 1 aliphatic heterocycles. The minimum Gasteiger partial charge on any atom is -0.311 e. The summed E-state index contributed by atoms with van der Waals surface area (Å²) in [5.74, 6) is -0.444. The van der Waals surface area contributed by atoms with E-state index in [1.165, 1.54) is 4.90 Å². The highest BCUT2D eigenvalue weighted by atomic mass is 17.2. The van der Waals surface area contributed by atoms with Crippen molar-refractivity contribution in [1.29, 1.82) is 5.26 Å². The summed E-state index contributed by atoms with van der Waals surface area (Å²) in [5.41, 5.74) is -1.17. The van der Waals surface area contributed by atoms with Crippen molar-refractivity contribution in [1.82, 2.24) is 0 Å². The van der Waals surface area contributed by atoms with Crippen molar-refractivity contribution >= 4 is 11.6 Å². The number of likely N-dealkylation sites (N-methyl/N-ethyl adjacent to an activating group) is 1. The number of para-hydroxylation sites is 1. The summed E-state index contributed by atoms with van der Waals surface area (Å²) in [4.78, 5) is 24.2. The highest BCUT2D eigenvalue weighted by Crippen LogP contribution is 2.42. The van der Waals surface area contributed by atoms with Crippen LogP contribution in [-0.2, 0) is 20.2 Å². The average molecular weight is 260 g/mol. The van der Waals surface area contributed by atoms with Crippen molar-refractivity contribution in [2.24, 2.45) is 0 Å². The Labute approximate surface area is 112 Å². The molecule has 0 saturated heterocycles. The Bertz CT molecular complexity index is 557. The van der Waals surface area contributed by atoms with Gasteiger partial charge in [0.05, 0.1) is 11.3 Å². The summed E-state index contributed by atoms with van der Waals surface area (Å²) in [6.45, 7) is 5.35. The molecule has 1 aromatic rings. The Balaban J connectivity index is 2.46. The molecule has 0 bridgehead atoms. The van der Waals surface area contributed by atoms with Gasteiger partial charge in [0.25, 0.3) is 11.5 Å². The number of nitriles is 1. The number of fused-ring (bicyclic) bond motifs is 1. The van der Waals surface area contributed by atoms with Gasteiger partial charge in [0.1, 0.15) is 6.07 Å². The van der Waals surface area contributed by atoms with E-state index < -0.39 is 17.1 Å². The maximum Gasteiger partial charge on any atom is 0.293 e. The van der Waals surface area contributed by atoms with E-state index in [1.54, 1.807) is 52.1 Å². The molecule has 0 radical (unpaired) electrons. The molecule has 0 saturated carbocycles. The molecule has 19 heavy (non-hydrogen) atoms. The minimum absolute atomic E-state index is 0.444. The predicted molar refractivity (Wildman–Crippen MR) is 69.1 cm³/mol. The first kappa shape index (κ1) is 13.5. The van der Waals surface area contributed by atoms with E-state index in [1.807, 2.05) is 6.07 Å². The third kappa shape index (κ3) is 2.09. The van der Waals surface area contributed by atoms with Crippen LogP contribution in [0, 0.1) is 11.3 Å². The Morgan fingerprint density at radius 2 is 1.95 bits per heavy atom. The summed E-state index contributed by atoms with van der Waals surface area (Å²) in [5, 5.41) is 9.45. The van der Waals surface area contributed by atoms with Crippen LogP contribution in [-0.4, -0.2) is 18.6 Å². The Morgan fingerprint density at radius 1 is 1.32 bits per heavy atom. The van der Waals surface area contributed by atoms with Crippen molar-refractivity contribution in [3.05, 3.63) is 29.8 Å². The van der Waals surface area contributed by atoms with Crippen molar-refractivity contribution in [2.75, 3.05) is 11.9 Å². The quantitative estimate of drug-likeness (QED) is 0.603. The molecule has 5 nitrogen and oxygen atoms in total. The molecule has 1 aliphatic rings. The lowest BCUT2D eigenvalue weighted by atomic mass is 9.97. The standard InChI is InChI=1S/C14H16N2O3/c1-13(2,3)18-19-14(9-15)10-7-5-6-8-11(10)16(4)12(14)17/h5-8H,1-4H3. The average Bonchev–Trinajstić information content (AvgIpc) is 2.58. The van der Waals surface area contributed by atoms with Gasteiger partial charge in [-0.3, -0.25) is 4.79 Å². The molecule has 1 unspecified atom stereocenters. The van der Waals surface area contributed by atoms with Crippen LogP contribution in [0.15, 0.2) is 24.3 Å². The van der Waals surface area contributed by atoms with Gasteiger partial charge in [-0.1, -0.05) is 18.2 Å². The number of hydrogen-bond acceptors (Lipinski definition) is 4. The van der Waals surface area contributed by atoms with Gasteiger partial charge in [0.15, 0.2) is 0 Å². The Morgan fingerprint density at radius 3 is 2.53 bits per heavy atom. The number of nitrogens with zero attached hydrogens (tertiary/aromatic N) is 2. The lowest BCUT2D eigenvalue weighted by Crippen LogP contribution is -2.41. The van der Waals surface area contributed by atoms with Gasteiger partial charge in [-0.05, 0) is 26.8 Å². The molecule has 1 heterocycles. The van der Waals surface area contributed by atoms with Crippen LogP contribution >= 0.6 is 0 Å². The fourth-order valence-electron chi connectivity index (χ4n) is 1.92. The number of carbonyl (C=O) groups excluding carboxylic acids is 1. The summed E-state index contributed by atoms with van der Waals surface area (Å²) in [6, 6.07) is 8.99. The lowest BCUT2D eigenvalue weighted by Gasteiger charge is -2.25. The fourth-order valence-corrected chi connectivity index (χ4v) is 1.92. The van der Waals surface area contributed by atoms with E-state index in [0.29, 0.717) is 11.3 Å². The Kier molecular flexibility index (Phi) is 3.09. The van der Waals surface area contributed by atoms with Gasteiger partial charge in [0.2, 0.25) is 0 Å². The first-order valence-electron chi connectivity index (χ1n) is 5.97. The largest absolute Gasteiger partial charge is 0.311 e. The molecule has 1 aromatic carbocycles. The maximum atomic E-state index is 12.3. The second-order valence-electron chi connectivity index (χ2n) is 5.45. The number of hydrogen-bond donors (Lipinski definition) is 0. The predicted octanol–water partition coefficient (Wildman–Crippen LogP) is 2.13. The van der Waals surface area contributed by atoms with Crippen molar-refractivity contribution < 1.29 is 14.6 Å². The second-order valence-corrected chi connectivity index (χ2v) is 5.45. The fraction of sp³-hybridized carbons (Fsp3) is 0.429. The van der Waals surface area contributed by atoms with Crippen LogP contribution < -0.4 is 4.90 Å². The zero-order valence-corrected chi connectivity index (χ0v) is 11.4. The zero-order valence-electron chi connectivity index (χ0n) is 11.4. The highest BCUT2D eigenvalue weighted by Gasteiger charge is 2.53. The third-order valence-electron chi connectivity index (χ3n) is 2.82. The van der Waals surface area contributed by atoms with Crippen LogP contribution in [0.2, 0.25) is 0 Å². The molecule has 0 aliphatic carbocycles. The zero-order chi connectivity index (χ0) is 14.3. The van der Waals surface area contributed by atoms with E-state index in [2.05, 4.69) is 0 Å². The van der Waals surface area contributed by atoms with Crippen LogP contribution in [0.25, 0.3) is 0 Å². The number of amides is 1. The normalized spacial score (nSPS) is 22.3. The van der Waals surface area contributed by atoms with Gasteiger partial charge in [0, 0.05) is 12.6 Å². The van der Waals surface area contributed by atoms with Gasteiger partial charge in [-0.25, -0.2) is 4.89 Å². The maximum absolute atomic E-state index is 12.3. The molecule has 0 aromatic heterocycles. The first-order chi connectivity index (χ1) is 8.82. The van der Waals surface area contributed by atoms with Crippen molar-refractivity contribution in [2.45, 2.75) is 32.0 Å². The third-order valence-corrected chi connectivity index (χ3v) is 2.82. The summed E-state index contributed by atoms with van der Waals surface area (Å²) in [6.07, 6.45) is 0. The van der Waals surface area contributed by atoms with E-state index in [0.717, 1.165) is 0 Å². The van der Waals surface area contributed by atoms with Crippen LogP contribution in [0.4, 0.5) is 5.69 Å². The molecule has 1 amide bonds. The van der Waals surface area contributed by atoms with Crippen LogP contribution in [0.3, 0.4) is 0 Å². The van der Waals surface area contributed by atoms with Crippen LogP contribution in [0.5, 0.6) is 0 Å². The van der Waals surface area contributed by atoms with Crippen molar-refractivity contribution in [3.63, 3.8) is 0 Å². The summed E-state index contributed by atoms with van der Waals surface area (Å²) in [7, 11) is 1.61.